The van der Waals surface area contributed by atoms with Crippen LogP contribution in [-0.2, 0) is 6.54 Å². The summed E-state index contributed by atoms with van der Waals surface area (Å²) in [6, 6.07) is 12.3. The van der Waals surface area contributed by atoms with Crippen molar-refractivity contribution in [2.45, 2.75) is 19.5 Å². The van der Waals surface area contributed by atoms with E-state index in [2.05, 4.69) is 39.2 Å². The molecule has 0 aliphatic rings. The number of nitrogens with zero attached hydrogens (tertiary/aromatic N) is 1. The van der Waals surface area contributed by atoms with Crippen LogP contribution >= 0.6 is 15.9 Å². The van der Waals surface area contributed by atoms with Crippen LogP contribution in [0.3, 0.4) is 0 Å². The molecule has 2 rings (SSSR count). The molecule has 1 heterocycles. The van der Waals surface area contributed by atoms with Crippen LogP contribution in [0.15, 0.2) is 47.1 Å². The highest BCUT2D eigenvalue weighted by molar-refractivity contribution is 9.10. The number of pyridine rings is 1. The van der Waals surface area contributed by atoms with Gasteiger partial charge in [-0.25, -0.2) is 0 Å². The average Bonchev–Trinajstić information content (AvgIpc) is 2.46. The highest BCUT2D eigenvalue weighted by atomic mass is 79.9. The van der Waals surface area contributed by atoms with Gasteiger partial charge in [-0.1, -0.05) is 18.2 Å². The first-order chi connectivity index (χ1) is 9.20. The van der Waals surface area contributed by atoms with Crippen molar-refractivity contribution in [3.8, 4) is 5.75 Å². The zero-order chi connectivity index (χ0) is 13.7. The van der Waals surface area contributed by atoms with E-state index in [4.69, 9.17) is 4.74 Å². The minimum Gasteiger partial charge on any atom is -0.496 e. The van der Waals surface area contributed by atoms with Crippen molar-refractivity contribution in [2.75, 3.05) is 7.11 Å². The summed E-state index contributed by atoms with van der Waals surface area (Å²) in [4.78, 5) is 4.35. The van der Waals surface area contributed by atoms with E-state index in [-0.39, 0.29) is 6.04 Å². The smallest absolute Gasteiger partial charge is 0.123 e. The van der Waals surface area contributed by atoms with E-state index in [9.17, 15) is 0 Å². The summed E-state index contributed by atoms with van der Waals surface area (Å²) in [6.07, 6.45) is 1.81. The van der Waals surface area contributed by atoms with Gasteiger partial charge in [-0.2, -0.15) is 0 Å². The number of hydrogen-bond acceptors (Lipinski definition) is 3. The fourth-order valence-electron chi connectivity index (χ4n) is 1.90. The van der Waals surface area contributed by atoms with Crippen LogP contribution in [-0.4, -0.2) is 12.1 Å². The van der Waals surface area contributed by atoms with Crippen molar-refractivity contribution in [1.29, 1.82) is 0 Å². The molecule has 0 amide bonds. The van der Waals surface area contributed by atoms with Gasteiger partial charge in [0.15, 0.2) is 0 Å². The van der Waals surface area contributed by atoms with Gasteiger partial charge in [-0.15, -0.1) is 0 Å². The number of benzene rings is 1. The predicted octanol–water partition coefficient (Wildman–Crippen LogP) is 3.70. The molecule has 0 unspecified atom stereocenters. The highest BCUT2D eigenvalue weighted by Crippen LogP contribution is 2.24. The molecule has 0 saturated carbocycles. The fourth-order valence-corrected chi connectivity index (χ4v) is 2.14. The monoisotopic (exact) mass is 320 g/mol. The third-order valence-corrected chi connectivity index (χ3v) is 3.45. The molecule has 0 aliphatic carbocycles. The molecule has 0 radical (unpaired) electrons. The molecule has 1 atom stereocenters. The van der Waals surface area contributed by atoms with Gasteiger partial charge in [-0.3, -0.25) is 4.98 Å². The van der Waals surface area contributed by atoms with E-state index in [0.717, 1.165) is 28.0 Å². The van der Waals surface area contributed by atoms with Crippen LogP contribution in [0.2, 0.25) is 0 Å². The maximum atomic E-state index is 5.37. The van der Waals surface area contributed by atoms with Crippen molar-refractivity contribution in [3.05, 3.63) is 58.3 Å². The van der Waals surface area contributed by atoms with Crippen LogP contribution in [0, 0.1) is 0 Å². The zero-order valence-electron chi connectivity index (χ0n) is 11.1. The Morgan fingerprint density at radius 3 is 2.74 bits per heavy atom. The van der Waals surface area contributed by atoms with Crippen LogP contribution in [0.5, 0.6) is 5.75 Å². The second kappa shape index (κ2) is 6.68. The van der Waals surface area contributed by atoms with Crippen LogP contribution < -0.4 is 10.1 Å². The van der Waals surface area contributed by atoms with Gasteiger partial charge in [0.05, 0.1) is 12.8 Å². The number of para-hydroxylation sites is 1. The molecule has 0 aliphatic heterocycles. The van der Waals surface area contributed by atoms with Crippen molar-refractivity contribution >= 4 is 15.9 Å². The third-order valence-electron chi connectivity index (χ3n) is 2.98. The lowest BCUT2D eigenvalue weighted by atomic mass is 10.1. The quantitative estimate of drug-likeness (QED) is 0.912. The van der Waals surface area contributed by atoms with Crippen molar-refractivity contribution in [2.24, 2.45) is 0 Å². The molecule has 1 N–H and O–H groups in total. The second-order valence-corrected chi connectivity index (χ2v) is 5.23. The van der Waals surface area contributed by atoms with Crippen molar-refractivity contribution < 1.29 is 4.74 Å². The first-order valence-corrected chi connectivity index (χ1v) is 6.96. The fraction of sp³-hybridized carbons (Fsp3) is 0.267. The molecule has 100 valence electrons. The topological polar surface area (TPSA) is 34.1 Å². The molecule has 1 aromatic carbocycles. The molecule has 0 saturated heterocycles. The molecule has 2 aromatic rings. The molecule has 19 heavy (non-hydrogen) atoms. The van der Waals surface area contributed by atoms with Gasteiger partial charge in [0.2, 0.25) is 0 Å². The lowest BCUT2D eigenvalue weighted by molar-refractivity contribution is 0.401. The largest absolute Gasteiger partial charge is 0.496 e. The van der Waals surface area contributed by atoms with Crippen molar-refractivity contribution in [3.63, 3.8) is 0 Å². The Hall–Kier alpha value is -1.39. The molecule has 0 fully saturated rings. The number of aromatic nitrogens is 1. The Morgan fingerprint density at radius 2 is 2.05 bits per heavy atom. The number of hydrogen-bond donors (Lipinski definition) is 1. The van der Waals surface area contributed by atoms with Gasteiger partial charge >= 0.3 is 0 Å². The maximum Gasteiger partial charge on any atom is 0.123 e. The lowest BCUT2D eigenvalue weighted by Gasteiger charge is -2.17. The van der Waals surface area contributed by atoms with E-state index in [1.807, 2.05) is 36.5 Å². The normalized spacial score (nSPS) is 12.2. The molecular formula is C15H17BrN2O. The molecule has 0 spiro atoms. The first-order valence-electron chi connectivity index (χ1n) is 6.17. The van der Waals surface area contributed by atoms with Crippen LogP contribution in [0.4, 0.5) is 0 Å². The van der Waals surface area contributed by atoms with Gasteiger partial charge in [0.25, 0.3) is 0 Å². The molecular weight excluding hydrogens is 304 g/mol. The van der Waals surface area contributed by atoms with E-state index in [1.165, 1.54) is 0 Å². The molecule has 1 aromatic heterocycles. The van der Waals surface area contributed by atoms with Gasteiger partial charge < -0.3 is 10.1 Å². The lowest BCUT2D eigenvalue weighted by Crippen LogP contribution is -2.19. The predicted molar refractivity (Wildman–Crippen MR) is 80.2 cm³/mol. The highest BCUT2D eigenvalue weighted by Gasteiger charge is 2.10. The van der Waals surface area contributed by atoms with E-state index in [0.29, 0.717) is 0 Å². The summed E-state index contributed by atoms with van der Waals surface area (Å²) in [5, 5.41) is 3.45. The summed E-state index contributed by atoms with van der Waals surface area (Å²) in [7, 11) is 1.70. The van der Waals surface area contributed by atoms with Gasteiger partial charge in [0.1, 0.15) is 5.75 Å². The number of ether oxygens (including phenoxy) is 1. The minimum atomic E-state index is 0.210. The summed E-state index contributed by atoms with van der Waals surface area (Å²) in [5.74, 6) is 0.909. The molecule has 4 heteroatoms. The van der Waals surface area contributed by atoms with Crippen LogP contribution in [0.1, 0.15) is 24.2 Å². The number of methoxy groups -OCH3 is 1. The molecule has 0 bridgehead atoms. The second-order valence-electron chi connectivity index (χ2n) is 4.31. The Kier molecular flexibility index (Phi) is 4.93. The molecule has 3 nitrogen and oxygen atoms in total. The van der Waals surface area contributed by atoms with Crippen molar-refractivity contribution in [1.82, 2.24) is 10.3 Å². The summed E-state index contributed by atoms with van der Waals surface area (Å²) < 4.78 is 6.37. The SMILES string of the molecule is COc1ccccc1[C@@H](C)NCc1ccc(Br)cn1. The first kappa shape index (κ1) is 14.0. The van der Waals surface area contributed by atoms with Gasteiger partial charge in [-0.05, 0) is 41.1 Å². The van der Waals surface area contributed by atoms with E-state index in [1.54, 1.807) is 7.11 Å². The number of rotatable bonds is 5. The minimum absolute atomic E-state index is 0.210. The summed E-state index contributed by atoms with van der Waals surface area (Å²) >= 11 is 3.38. The standard InChI is InChI=1S/C15H17BrN2O/c1-11(14-5-3-4-6-15(14)19-2)17-10-13-8-7-12(16)9-18-13/h3-9,11,17H,10H2,1-2H3/t11-/m1/s1. The number of nitrogens with one attached hydrogen (secondary N) is 1. The zero-order valence-corrected chi connectivity index (χ0v) is 12.6. The Bertz CT molecular complexity index is 528. The van der Waals surface area contributed by atoms with E-state index >= 15 is 0 Å². The average molecular weight is 321 g/mol. The Labute approximate surface area is 122 Å². The maximum absolute atomic E-state index is 5.37. The summed E-state index contributed by atoms with van der Waals surface area (Å²) in [5.41, 5.74) is 2.17. The van der Waals surface area contributed by atoms with Crippen LogP contribution in [0.25, 0.3) is 0 Å². The van der Waals surface area contributed by atoms with Gasteiger partial charge in [0, 0.05) is 28.8 Å². The number of halogens is 1. The Morgan fingerprint density at radius 1 is 1.26 bits per heavy atom. The third kappa shape index (κ3) is 3.78. The van der Waals surface area contributed by atoms with E-state index < -0.39 is 0 Å². The summed E-state index contributed by atoms with van der Waals surface area (Å²) in [6.45, 7) is 2.85. The Balaban J connectivity index is 2.01.